The molecule has 1 atom stereocenters. The zero-order valence-electron chi connectivity index (χ0n) is 12.2. The molecule has 0 saturated heterocycles. The normalized spacial score (nSPS) is 12.6. The standard InChI is InChI=1S/C15H20BrClN4/c1-3-13-15(16)14(21(2)20-13)9-11(19-18)8-10-6-4-5-7-12(10)17/h4-7,11,19H,3,8-9,18H2,1-2H3. The molecule has 2 aromatic rings. The summed E-state index contributed by atoms with van der Waals surface area (Å²) in [6.45, 7) is 2.10. The summed E-state index contributed by atoms with van der Waals surface area (Å²) in [5.41, 5.74) is 6.19. The minimum absolute atomic E-state index is 0.0984. The van der Waals surface area contributed by atoms with Crippen LogP contribution in [0, 0.1) is 0 Å². The van der Waals surface area contributed by atoms with E-state index in [1.54, 1.807) is 0 Å². The van der Waals surface area contributed by atoms with Crippen LogP contribution >= 0.6 is 27.5 Å². The predicted molar refractivity (Wildman–Crippen MR) is 90.3 cm³/mol. The number of aryl methyl sites for hydroxylation is 2. The first kappa shape index (κ1) is 16.5. The van der Waals surface area contributed by atoms with Gasteiger partial charge in [0.1, 0.15) is 0 Å². The Labute approximate surface area is 138 Å². The maximum atomic E-state index is 6.22. The molecule has 1 aromatic carbocycles. The highest BCUT2D eigenvalue weighted by atomic mass is 79.9. The van der Waals surface area contributed by atoms with Gasteiger partial charge >= 0.3 is 0 Å². The third kappa shape index (κ3) is 3.86. The first-order valence-corrected chi connectivity index (χ1v) is 8.13. The molecule has 21 heavy (non-hydrogen) atoms. The first-order chi connectivity index (χ1) is 10.1. The second-order valence-corrected chi connectivity index (χ2v) is 6.25. The topological polar surface area (TPSA) is 55.9 Å². The fourth-order valence-electron chi connectivity index (χ4n) is 2.39. The lowest BCUT2D eigenvalue weighted by Crippen LogP contribution is -2.39. The molecule has 0 aliphatic rings. The van der Waals surface area contributed by atoms with Crippen molar-refractivity contribution >= 4 is 27.5 Å². The van der Waals surface area contributed by atoms with Crippen molar-refractivity contribution in [2.75, 3.05) is 0 Å². The smallest absolute Gasteiger partial charge is 0.0766 e. The van der Waals surface area contributed by atoms with Crippen LogP contribution in [-0.4, -0.2) is 15.8 Å². The van der Waals surface area contributed by atoms with Gasteiger partial charge in [-0.1, -0.05) is 36.7 Å². The molecule has 0 amide bonds. The van der Waals surface area contributed by atoms with Gasteiger partial charge in [0.25, 0.3) is 0 Å². The Morgan fingerprint density at radius 3 is 2.67 bits per heavy atom. The number of nitrogens with two attached hydrogens (primary N) is 1. The van der Waals surface area contributed by atoms with Gasteiger partial charge in [0, 0.05) is 24.5 Å². The van der Waals surface area contributed by atoms with Crippen LogP contribution < -0.4 is 11.3 Å². The summed E-state index contributed by atoms with van der Waals surface area (Å²) in [4.78, 5) is 0. The lowest BCUT2D eigenvalue weighted by molar-refractivity contribution is 0.504. The number of aromatic nitrogens is 2. The Kier molecular flexibility index (Phi) is 5.81. The van der Waals surface area contributed by atoms with Crippen LogP contribution in [0.1, 0.15) is 23.9 Å². The Bertz CT molecular complexity index is 612. The fraction of sp³-hybridized carbons (Fsp3) is 0.400. The van der Waals surface area contributed by atoms with Gasteiger partial charge in [-0.25, -0.2) is 0 Å². The predicted octanol–water partition coefficient (Wildman–Crippen LogP) is 3.02. The number of nitrogens with one attached hydrogen (secondary N) is 1. The van der Waals surface area contributed by atoms with Gasteiger partial charge in [0.05, 0.1) is 15.9 Å². The molecule has 2 rings (SSSR count). The third-order valence-electron chi connectivity index (χ3n) is 3.60. The quantitative estimate of drug-likeness (QED) is 0.606. The highest BCUT2D eigenvalue weighted by molar-refractivity contribution is 9.10. The summed E-state index contributed by atoms with van der Waals surface area (Å²) in [5, 5.41) is 5.29. The van der Waals surface area contributed by atoms with Gasteiger partial charge in [-0.15, -0.1) is 0 Å². The third-order valence-corrected chi connectivity index (χ3v) is 4.89. The van der Waals surface area contributed by atoms with E-state index in [1.165, 1.54) is 0 Å². The van der Waals surface area contributed by atoms with E-state index in [0.29, 0.717) is 0 Å². The molecular formula is C15H20BrClN4. The van der Waals surface area contributed by atoms with E-state index in [-0.39, 0.29) is 6.04 Å². The van der Waals surface area contributed by atoms with Crippen molar-refractivity contribution in [2.24, 2.45) is 12.9 Å². The van der Waals surface area contributed by atoms with E-state index in [2.05, 4.69) is 33.4 Å². The molecule has 0 aliphatic carbocycles. The lowest BCUT2D eigenvalue weighted by atomic mass is 10.0. The van der Waals surface area contributed by atoms with E-state index >= 15 is 0 Å². The second-order valence-electron chi connectivity index (χ2n) is 5.05. The molecule has 0 aliphatic heterocycles. The molecule has 0 bridgehead atoms. The van der Waals surface area contributed by atoms with Crippen molar-refractivity contribution in [3.63, 3.8) is 0 Å². The summed E-state index contributed by atoms with van der Waals surface area (Å²) >= 11 is 9.86. The Balaban J connectivity index is 2.16. The zero-order chi connectivity index (χ0) is 15.4. The summed E-state index contributed by atoms with van der Waals surface area (Å²) in [6.07, 6.45) is 2.46. The highest BCUT2D eigenvalue weighted by Crippen LogP contribution is 2.24. The maximum absolute atomic E-state index is 6.22. The van der Waals surface area contributed by atoms with Crippen molar-refractivity contribution in [3.8, 4) is 0 Å². The molecule has 1 aromatic heterocycles. The minimum Gasteiger partial charge on any atom is -0.271 e. The molecule has 3 N–H and O–H groups in total. The number of benzene rings is 1. The van der Waals surface area contributed by atoms with Gasteiger partial charge in [-0.05, 0) is 40.4 Å². The number of hydrazine groups is 1. The largest absolute Gasteiger partial charge is 0.271 e. The van der Waals surface area contributed by atoms with Gasteiger partial charge in [0.15, 0.2) is 0 Å². The van der Waals surface area contributed by atoms with E-state index in [9.17, 15) is 0 Å². The molecule has 0 fully saturated rings. The molecule has 1 heterocycles. The van der Waals surface area contributed by atoms with Crippen molar-refractivity contribution in [3.05, 3.63) is 50.7 Å². The van der Waals surface area contributed by atoms with Gasteiger partial charge in [0.2, 0.25) is 0 Å². The number of hydrogen-bond donors (Lipinski definition) is 2. The van der Waals surface area contributed by atoms with Gasteiger partial charge in [-0.2, -0.15) is 5.10 Å². The number of nitrogens with zero attached hydrogens (tertiary/aromatic N) is 2. The van der Waals surface area contributed by atoms with Crippen molar-refractivity contribution in [2.45, 2.75) is 32.2 Å². The molecule has 0 spiro atoms. The maximum Gasteiger partial charge on any atom is 0.0766 e. The van der Waals surface area contributed by atoms with Crippen LogP contribution in [0.5, 0.6) is 0 Å². The molecular weight excluding hydrogens is 352 g/mol. The Hall–Kier alpha value is -0.880. The van der Waals surface area contributed by atoms with Crippen LogP contribution in [-0.2, 0) is 26.3 Å². The fourth-order valence-corrected chi connectivity index (χ4v) is 3.39. The molecule has 1 unspecified atom stereocenters. The average Bonchev–Trinajstić information content (AvgIpc) is 2.75. The number of hydrogen-bond acceptors (Lipinski definition) is 3. The second kappa shape index (κ2) is 7.40. The van der Waals surface area contributed by atoms with E-state index in [0.717, 1.165) is 45.7 Å². The molecule has 114 valence electrons. The lowest BCUT2D eigenvalue weighted by Gasteiger charge is -2.17. The Morgan fingerprint density at radius 2 is 2.10 bits per heavy atom. The highest BCUT2D eigenvalue weighted by Gasteiger charge is 2.18. The summed E-state index contributed by atoms with van der Waals surface area (Å²) in [6, 6.07) is 7.95. The SMILES string of the molecule is CCc1nn(C)c(CC(Cc2ccccc2Cl)NN)c1Br. The Morgan fingerprint density at radius 1 is 1.38 bits per heavy atom. The first-order valence-electron chi connectivity index (χ1n) is 6.96. The van der Waals surface area contributed by atoms with Crippen LogP contribution in [0.15, 0.2) is 28.7 Å². The molecule has 6 heteroatoms. The summed E-state index contributed by atoms with van der Waals surface area (Å²) < 4.78 is 2.99. The van der Waals surface area contributed by atoms with Crippen LogP contribution in [0.25, 0.3) is 0 Å². The zero-order valence-corrected chi connectivity index (χ0v) is 14.6. The van der Waals surface area contributed by atoms with E-state index in [4.69, 9.17) is 17.4 Å². The van der Waals surface area contributed by atoms with Crippen LogP contribution in [0.2, 0.25) is 5.02 Å². The van der Waals surface area contributed by atoms with Crippen LogP contribution in [0.3, 0.4) is 0 Å². The van der Waals surface area contributed by atoms with E-state index < -0.39 is 0 Å². The van der Waals surface area contributed by atoms with Crippen LogP contribution in [0.4, 0.5) is 0 Å². The summed E-state index contributed by atoms with van der Waals surface area (Å²) in [5.74, 6) is 5.72. The molecule has 0 saturated carbocycles. The number of rotatable bonds is 6. The van der Waals surface area contributed by atoms with Gasteiger partial charge < -0.3 is 0 Å². The van der Waals surface area contributed by atoms with Crippen molar-refractivity contribution in [1.82, 2.24) is 15.2 Å². The molecule has 4 nitrogen and oxygen atoms in total. The van der Waals surface area contributed by atoms with Crippen molar-refractivity contribution in [1.29, 1.82) is 0 Å². The summed E-state index contributed by atoms with van der Waals surface area (Å²) in [7, 11) is 1.96. The average molecular weight is 372 g/mol. The van der Waals surface area contributed by atoms with Crippen molar-refractivity contribution < 1.29 is 0 Å². The number of halogens is 2. The van der Waals surface area contributed by atoms with Gasteiger partial charge in [-0.3, -0.25) is 16.0 Å². The molecule has 0 radical (unpaired) electrons. The monoisotopic (exact) mass is 370 g/mol. The minimum atomic E-state index is 0.0984. The van der Waals surface area contributed by atoms with E-state index in [1.807, 2.05) is 36.0 Å².